The minimum absolute atomic E-state index is 0.447. The number of rotatable bonds is 3. The first-order valence-corrected chi connectivity index (χ1v) is 5.20. The first-order chi connectivity index (χ1) is 5.88. The lowest BCUT2D eigenvalue weighted by molar-refractivity contribution is 0.0181. The van der Waals surface area contributed by atoms with Crippen LogP contribution in [-0.2, 0) is 4.74 Å². The summed E-state index contributed by atoms with van der Waals surface area (Å²) in [6.07, 6.45) is 6.95. The van der Waals surface area contributed by atoms with Crippen molar-refractivity contribution in [3.63, 3.8) is 0 Å². The smallest absolute Gasteiger partial charge is 0.0615 e. The van der Waals surface area contributed by atoms with Crippen LogP contribution in [0, 0.1) is 5.92 Å². The van der Waals surface area contributed by atoms with Crippen molar-refractivity contribution in [3.05, 3.63) is 0 Å². The molecule has 1 fully saturated rings. The molecule has 1 aliphatic carbocycles. The standard InChI is InChI=1S/C10H21NO/c1-2-12-10-7-5-3-4-6-9(10)8-11/h9-10H,2-8,11H2,1H3. The molecule has 0 heterocycles. The molecule has 0 aromatic rings. The number of hydrogen-bond donors (Lipinski definition) is 1. The molecule has 0 bridgehead atoms. The minimum Gasteiger partial charge on any atom is -0.378 e. The van der Waals surface area contributed by atoms with Gasteiger partial charge in [0, 0.05) is 6.61 Å². The molecule has 2 heteroatoms. The van der Waals surface area contributed by atoms with E-state index in [9.17, 15) is 0 Å². The Hall–Kier alpha value is -0.0800. The van der Waals surface area contributed by atoms with Crippen molar-refractivity contribution in [3.8, 4) is 0 Å². The van der Waals surface area contributed by atoms with Gasteiger partial charge in [0.15, 0.2) is 0 Å². The molecule has 2 unspecified atom stereocenters. The van der Waals surface area contributed by atoms with Crippen LogP contribution in [0.25, 0.3) is 0 Å². The average molecular weight is 171 g/mol. The summed E-state index contributed by atoms with van der Waals surface area (Å²) in [5.41, 5.74) is 5.71. The molecule has 0 spiro atoms. The Morgan fingerprint density at radius 3 is 2.67 bits per heavy atom. The van der Waals surface area contributed by atoms with Gasteiger partial charge in [-0.15, -0.1) is 0 Å². The summed E-state index contributed by atoms with van der Waals surface area (Å²) in [6, 6.07) is 0. The monoisotopic (exact) mass is 171 g/mol. The summed E-state index contributed by atoms with van der Waals surface area (Å²) in [4.78, 5) is 0. The summed E-state index contributed by atoms with van der Waals surface area (Å²) in [6.45, 7) is 3.70. The van der Waals surface area contributed by atoms with Crippen molar-refractivity contribution in [2.45, 2.75) is 45.1 Å². The Bertz CT molecular complexity index is 116. The van der Waals surface area contributed by atoms with Gasteiger partial charge in [-0.25, -0.2) is 0 Å². The molecule has 2 N–H and O–H groups in total. The first kappa shape index (κ1) is 10.0. The summed E-state index contributed by atoms with van der Waals surface area (Å²) < 4.78 is 5.69. The van der Waals surface area contributed by atoms with Gasteiger partial charge in [0.05, 0.1) is 6.10 Å². The molecule has 12 heavy (non-hydrogen) atoms. The van der Waals surface area contributed by atoms with Gasteiger partial charge in [-0.05, 0) is 32.2 Å². The van der Waals surface area contributed by atoms with Crippen molar-refractivity contribution in [2.75, 3.05) is 13.2 Å². The van der Waals surface area contributed by atoms with Crippen LogP contribution in [0.4, 0.5) is 0 Å². The van der Waals surface area contributed by atoms with Gasteiger partial charge in [-0.3, -0.25) is 0 Å². The quantitative estimate of drug-likeness (QED) is 0.658. The van der Waals surface area contributed by atoms with Gasteiger partial charge < -0.3 is 10.5 Å². The maximum Gasteiger partial charge on any atom is 0.0615 e. The SMILES string of the molecule is CCOC1CCCCCC1CN. The van der Waals surface area contributed by atoms with Crippen LogP contribution in [0.15, 0.2) is 0 Å². The van der Waals surface area contributed by atoms with E-state index in [1.807, 2.05) is 0 Å². The zero-order chi connectivity index (χ0) is 8.81. The molecule has 72 valence electrons. The largest absolute Gasteiger partial charge is 0.378 e. The highest BCUT2D eigenvalue weighted by molar-refractivity contribution is 4.74. The fourth-order valence-electron chi connectivity index (χ4n) is 2.05. The molecular formula is C10H21NO. The minimum atomic E-state index is 0.447. The molecule has 1 rings (SSSR count). The third kappa shape index (κ3) is 2.76. The number of hydrogen-bond acceptors (Lipinski definition) is 2. The van der Waals surface area contributed by atoms with Gasteiger partial charge in [0.25, 0.3) is 0 Å². The van der Waals surface area contributed by atoms with Crippen LogP contribution >= 0.6 is 0 Å². The van der Waals surface area contributed by atoms with Crippen molar-refractivity contribution in [2.24, 2.45) is 11.7 Å². The van der Waals surface area contributed by atoms with Gasteiger partial charge in [0.2, 0.25) is 0 Å². The Morgan fingerprint density at radius 1 is 1.25 bits per heavy atom. The van der Waals surface area contributed by atoms with Crippen molar-refractivity contribution in [1.82, 2.24) is 0 Å². The van der Waals surface area contributed by atoms with E-state index >= 15 is 0 Å². The highest BCUT2D eigenvalue weighted by atomic mass is 16.5. The second-order valence-electron chi connectivity index (χ2n) is 3.63. The molecular weight excluding hydrogens is 150 g/mol. The maximum atomic E-state index is 5.71. The molecule has 0 saturated heterocycles. The molecule has 2 atom stereocenters. The molecule has 0 aromatic heterocycles. The lowest BCUT2D eigenvalue weighted by Gasteiger charge is -2.23. The normalized spacial score (nSPS) is 31.5. The Balaban J connectivity index is 2.39. The van der Waals surface area contributed by atoms with Crippen LogP contribution in [0.5, 0.6) is 0 Å². The van der Waals surface area contributed by atoms with Crippen LogP contribution in [0.2, 0.25) is 0 Å². The third-order valence-corrected chi connectivity index (χ3v) is 2.77. The maximum absolute atomic E-state index is 5.71. The highest BCUT2D eigenvalue weighted by Crippen LogP contribution is 2.24. The molecule has 1 aliphatic rings. The summed E-state index contributed by atoms with van der Waals surface area (Å²) in [5, 5.41) is 0. The topological polar surface area (TPSA) is 35.2 Å². The summed E-state index contributed by atoms with van der Waals surface area (Å²) in [7, 11) is 0. The fourth-order valence-corrected chi connectivity index (χ4v) is 2.05. The van der Waals surface area contributed by atoms with Gasteiger partial charge in [-0.2, -0.15) is 0 Å². The van der Waals surface area contributed by atoms with E-state index in [-0.39, 0.29) is 0 Å². The molecule has 0 aromatic carbocycles. The van der Waals surface area contributed by atoms with E-state index in [2.05, 4.69) is 6.92 Å². The zero-order valence-corrected chi connectivity index (χ0v) is 8.09. The lowest BCUT2D eigenvalue weighted by Crippen LogP contribution is -2.29. The van der Waals surface area contributed by atoms with Crippen LogP contribution in [-0.4, -0.2) is 19.3 Å². The van der Waals surface area contributed by atoms with Crippen molar-refractivity contribution < 1.29 is 4.74 Å². The molecule has 0 radical (unpaired) electrons. The molecule has 0 aliphatic heterocycles. The average Bonchev–Trinajstić information content (AvgIpc) is 2.30. The molecule has 1 saturated carbocycles. The second kappa shape index (κ2) is 5.55. The second-order valence-corrected chi connectivity index (χ2v) is 3.63. The first-order valence-electron chi connectivity index (χ1n) is 5.20. The molecule has 2 nitrogen and oxygen atoms in total. The number of nitrogens with two attached hydrogens (primary N) is 1. The van der Waals surface area contributed by atoms with Gasteiger partial charge >= 0.3 is 0 Å². The van der Waals surface area contributed by atoms with E-state index in [1.165, 1.54) is 32.1 Å². The Morgan fingerprint density at radius 2 is 2.00 bits per heavy atom. The van der Waals surface area contributed by atoms with Crippen LogP contribution in [0.1, 0.15) is 39.0 Å². The predicted octanol–water partition coefficient (Wildman–Crippen LogP) is 1.93. The lowest BCUT2D eigenvalue weighted by atomic mass is 9.97. The van der Waals surface area contributed by atoms with E-state index < -0.39 is 0 Å². The zero-order valence-electron chi connectivity index (χ0n) is 8.09. The van der Waals surface area contributed by atoms with E-state index in [0.717, 1.165) is 13.2 Å². The van der Waals surface area contributed by atoms with Crippen LogP contribution < -0.4 is 5.73 Å². The Kier molecular flexibility index (Phi) is 4.62. The van der Waals surface area contributed by atoms with E-state index in [4.69, 9.17) is 10.5 Å². The Labute approximate surface area is 75.5 Å². The van der Waals surface area contributed by atoms with Gasteiger partial charge in [-0.1, -0.05) is 19.3 Å². The van der Waals surface area contributed by atoms with E-state index in [1.54, 1.807) is 0 Å². The van der Waals surface area contributed by atoms with Crippen molar-refractivity contribution >= 4 is 0 Å². The van der Waals surface area contributed by atoms with E-state index in [0.29, 0.717) is 12.0 Å². The predicted molar refractivity (Wildman–Crippen MR) is 51.0 cm³/mol. The third-order valence-electron chi connectivity index (χ3n) is 2.77. The summed E-state index contributed by atoms with van der Waals surface area (Å²) >= 11 is 0. The van der Waals surface area contributed by atoms with Gasteiger partial charge in [0.1, 0.15) is 0 Å². The highest BCUT2D eigenvalue weighted by Gasteiger charge is 2.22. The van der Waals surface area contributed by atoms with Crippen molar-refractivity contribution in [1.29, 1.82) is 0 Å². The summed E-state index contributed by atoms with van der Waals surface area (Å²) in [5.74, 6) is 0.618. The number of ether oxygens (including phenoxy) is 1. The van der Waals surface area contributed by atoms with Crippen LogP contribution in [0.3, 0.4) is 0 Å². The fraction of sp³-hybridized carbons (Fsp3) is 1.00. The molecule has 0 amide bonds.